The molecule has 1 saturated heterocycles. The summed E-state index contributed by atoms with van der Waals surface area (Å²) in [6, 6.07) is 16.4. The van der Waals surface area contributed by atoms with Gasteiger partial charge in [0, 0.05) is 31.6 Å². The second-order valence-electron chi connectivity index (χ2n) is 6.72. The van der Waals surface area contributed by atoms with Gasteiger partial charge in [0.1, 0.15) is 11.5 Å². The molecule has 4 nitrogen and oxygen atoms in total. The van der Waals surface area contributed by atoms with Gasteiger partial charge in [0.05, 0.1) is 20.3 Å². The Hall–Kier alpha value is -2.04. The molecule has 2 aromatic rings. The Balaban J connectivity index is 1.68. The molecule has 1 aliphatic rings. The van der Waals surface area contributed by atoms with Gasteiger partial charge >= 0.3 is 0 Å². The molecule has 0 amide bonds. The maximum Gasteiger partial charge on any atom is 0.125 e. The Labute approximate surface area is 150 Å². The highest BCUT2D eigenvalue weighted by Crippen LogP contribution is 2.30. The van der Waals surface area contributed by atoms with Crippen LogP contribution in [0.1, 0.15) is 17.5 Å². The van der Waals surface area contributed by atoms with Crippen molar-refractivity contribution in [2.24, 2.45) is 5.92 Å². The second kappa shape index (κ2) is 8.37. The molecule has 1 heterocycles. The van der Waals surface area contributed by atoms with Crippen molar-refractivity contribution in [1.82, 2.24) is 4.90 Å². The number of ether oxygens (including phenoxy) is 2. The molecule has 134 valence electrons. The minimum absolute atomic E-state index is 0.208. The van der Waals surface area contributed by atoms with Crippen molar-refractivity contribution in [2.75, 3.05) is 27.3 Å². The van der Waals surface area contributed by atoms with Crippen molar-refractivity contribution in [1.29, 1.82) is 0 Å². The molecule has 3 rings (SSSR count). The minimum atomic E-state index is -0.265. The highest BCUT2D eigenvalue weighted by Gasteiger charge is 2.28. The van der Waals surface area contributed by atoms with Crippen LogP contribution in [0.3, 0.4) is 0 Å². The topological polar surface area (TPSA) is 41.9 Å². The van der Waals surface area contributed by atoms with Crippen molar-refractivity contribution < 1.29 is 14.6 Å². The third-order valence-corrected chi connectivity index (χ3v) is 5.00. The van der Waals surface area contributed by atoms with Gasteiger partial charge < -0.3 is 14.6 Å². The van der Waals surface area contributed by atoms with Crippen molar-refractivity contribution in [2.45, 2.75) is 25.5 Å². The maximum atomic E-state index is 10.5. The van der Waals surface area contributed by atoms with Crippen LogP contribution in [0.5, 0.6) is 11.5 Å². The average molecular weight is 341 g/mol. The molecule has 0 spiro atoms. The second-order valence-corrected chi connectivity index (χ2v) is 6.72. The van der Waals surface area contributed by atoms with E-state index in [1.165, 1.54) is 5.56 Å². The molecule has 0 radical (unpaired) electrons. The lowest BCUT2D eigenvalue weighted by Crippen LogP contribution is -2.43. The SMILES string of the molecule is COc1ccc(CC2CN(Cc3ccccc3)CCC2O)c(OC)c1. The van der Waals surface area contributed by atoms with Gasteiger partial charge in [0.2, 0.25) is 0 Å². The van der Waals surface area contributed by atoms with E-state index in [1.807, 2.05) is 24.3 Å². The number of hydrogen-bond donors (Lipinski definition) is 1. The van der Waals surface area contributed by atoms with E-state index in [4.69, 9.17) is 9.47 Å². The number of rotatable bonds is 6. The Morgan fingerprint density at radius 3 is 2.60 bits per heavy atom. The first-order valence-electron chi connectivity index (χ1n) is 8.85. The Morgan fingerprint density at radius 2 is 1.88 bits per heavy atom. The summed E-state index contributed by atoms with van der Waals surface area (Å²) >= 11 is 0. The fourth-order valence-electron chi connectivity index (χ4n) is 3.58. The fourth-order valence-corrected chi connectivity index (χ4v) is 3.58. The van der Waals surface area contributed by atoms with Crippen LogP contribution in [-0.2, 0) is 13.0 Å². The largest absolute Gasteiger partial charge is 0.497 e. The predicted octanol–water partition coefficient (Wildman–Crippen LogP) is 3.13. The summed E-state index contributed by atoms with van der Waals surface area (Å²) in [4.78, 5) is 2.43. The van der Waals surface area contributed by atoms with Gasteiger partial charge in [-0.1, -0.05) is 36.4 Å². The fraction of sp³-hybridized carbons (Fsp3) is 0.429. The van der Waals surface area contributed by atoms with Gasteiger partial charge in [0.25, 0.3) is 0 Å². The van der Waals surface area contributed by atoms with Gasteiger partial charge in [0.15, 0.2) is 0 Å². The van der Waals surface area contributed by atoms with Crippen LogP contribution in [0, 0.1) is 5.92 Å². The zero-order valence-electron chi connectivity index (χ0n) is 15.0. The lowest BCUT2D eigenvalue weighted by Gasteiger charge is -2.36. The number of hydrogen-bond acceptors (Lipinski definition) is 4. The number of likely N-dealkylation sites (tertiary alicyclic amines) is 1. The molecule has 0 aromatic heterocycles. The molecule has 0 saturated carbocycles. The number of aliphatic hydroxyl groups is 1. The van der Waals surface area contributed by atoms with E-state index in [0.717, 1.165) is 49.5 Å². The van der Waals surface area contributed by atoms with Crippen LogP contribution in [0.15, 0.2) is 48.5 Å². The zero-order valence-corrected chi connectivity index (χ0v) is 15.0. The predicted molar refractivity (Wildman–Crippen MR) is 99.1 cm³/mol. The van der Waals surface area contributed by atoms with E-state index in [0.29, 0.717) is 0 Å². The van der Waals surface area contributed by atoms with Gasteiger partial charge in [-0.05, 0) is 30.0 Å². The van der Waals surface area contributed by atoms with Crippen molar-refractivity contribution in [3.8, 4) is 11.5 Å². The highest BCUT2D eigenvalue weighted by molar-refractivity contribution is 5.41. The smallest absolute Gasteiger partial charge is 0.125 e. The first-order chi connectivity index (χ1) is 12.2. The standard InChI is InChI=1S/C21H27NO3/c1-24-19-9-8-17(21(13-19)25-2)12-18-15-22(11-10-20(18)23)14-16-6-4-3-5-7-16/h3-9,13,18,20,23H,10-12,14-15H2,1-2H3. The van der Waals surface area contributed by atoms with Crippen molar-refractivity contribution in [3.63, 3.8) is 0 Å². The molecule has 1 N–H and O–H groups in total. The summed E-state index contributed by atoms with van der Waals surface area (Å²) in [7, 11) is 3.33. The van der Waals surface area contributed by atoms with Gasteiger partial charge in [-0.25, -0.2) is 0 Å². The molecule has 2 aromatic carbocycles. The molecular weight excluding hydrogens is 314 g/mol. The number of piperidine rings is 1. The Kier molecular flexibility index (Phi) is 5.95. The van der Waals surface area contributed by atoms with Gasteiger partial charge in [-0.3, -0.25) is 4.90 Å². The molecule has 0 bridgehead atoms. The molecule has 2 unspecified atom stereocenters. The van der Waals surface area contributed by atoms with E-state index >= 15 is 0 Å². The van der Waals surface area contributed by atoms with Crippen LogP contribution < -0.4 is 9.47 Å². The molecule has 25 heavy (non-hydrogen) atoms. The summed E-state index contributed by atoms with van der Waals surface area (Å²) in [6.07, 6.45) is 1.36. The number of benzene rings is 2. The number of nitrogens with zero attached hydrogens (tertiary/aromatic N) is 1. The average Bonchev–Trinajstić information content (AvgIpc) is 2.65. The first kappa shape index (κ1) is 17.8. The minimum Gasteiger partial charge on any atom is -0.497 e. The summed E-state index contributed by atoms with van der Waals surface area (Å²) in [5, 5.41) is 10.5. The summed E-state index contributed by atoms with van der Waals surface area (Å²) in [5.41, 5.74) is 2.44. The lowest BCUT2D eigenvalue weighted by molar-refractivity contribution is 0.0237. The molecule has 1 aliphatic heterocycles. The van der Waals surface area contributed by atoms with Crippen LogP contribution in [0.4, 0.5) is 0 Å². The third kappa shape index (κ3) is 4.53. The first-order valence-corrected chi connectivity index (χ1v) is 8.85. The maximum absolute atomic E-state index is 10.5. The lowest BCUT2D eigenvalue weighted by atomic mass is 9.88. The van der Waals surface area contributed by atoms with Crippen LogP contribution in [-0.4, -0.2) is 43.4 Å². The van der Waals surface area contributed by atoms with Crippen LogP contribution >= 0.6 is 0 Å². The van der Waals surface area contributed by atoms with Crippen LogP contribution in [0.25, 0.3) is 0 Å². The zero-order chi connectivity index (χ0) is 17.6. The highest BCUT2D eigenvalue weighted by atomic mass is 16.5. The van der Waals surface area contributed by atoms with E-state index < -0.39 is 0 Å². The quantitative estimate of drug-likeness (QED) is 0.876. The van der Waals surface area contributed by atoms with Gasteiger partial charge in [-0.2, -0.15) is 0 Å². The summed E-state index contributed by atoms with van der Waals surface area (Å²) < 4.78 is 10.8. The Bertz CT molecular complexity index is 674. The summed E-state index contributed by atoms with van der Waals surface area (Å²) in [6.45, 7) is 2.77. The molecule has 0 aliphatic carbocycles. The third-order valence-electron chi connectivity index (χ3n) is 5.00. The molecule has 2 atom stereocenters. The molecule has 4 heteroatoms. The normalized spacial score (nSPS) is 21.1. The van der Waals surface area contributed by atoms with E-state index in [2.05, 4.69) is 29.2 Å². The van der Waals surface area contributed by atoms with E-state index in [1.54, 1.807) is 14.2 Å². The van der Waals surface area contributed by atoms with Crippen molar-refractivity contribution >= 4 is 0 Å². The molecular formula is C21H27NO3. The number of aliphatic hydroxyl groups excluding tert-OH is 1. The Morgan fingerprint density at radius 1 is 1.08 bits per heavy atom. The summed E-state index contributed by atoms with van der Waals surface area (Å²) in [5.74, 6) is 1.82. The monoisotopic (exact) mass is 341 g/mol. The van der Waals surface area contributed by atoms with Crippen molar-refractivity contribution in [3.05, 3.63) is 59.7 Å². The van der Waals surface area contributed by atoms with Gasteiger partial charge in [-0.15, -0.1) is 0 Å². The van der Waals surface area contributed by atoms with E-state index in [-0.39, 0.29) is 12.0 Å². The van der Waals surface area contributed by atoms with Crippen LogP contribution in [0.2, 0.25) is 0 Å². The van der Waals surface area contributed by atoms with E-state index in [9.17, 15) is 5.11 Å². The number of methoxy groups -OCH3 is 2. The molecule has 1 fully saturated rings.